The van der Waals surface area contributed by atoms with Gasteiger partial charge in [-0.15, -0.1) is 0 Å². The molecule has 0 atom stereocenters. The quantitative estimate of drug-likeness (QED) is 0.437. The van der Waals surface area contributed by atoms with Crippen LogP contribution in [0.2, 0.25) is 10.0 Å². The van der Waals surface area contributed by atoms with E-state index in [9.17, 15) is 9.18 Å². The molecule has 29 heavy (non-hydrogen) atoms. The Balaban J connectivity index is 1.60. The van der Waals surface area contributed by atoms with Gasteiger partial charge in [-0.3, -0.25) is 4.79 Å². The molecule has 0 saturated heterocycles. The van der Waals surface area contributed by atoms with E-state index in [1.807, 2.05) is 0 Å². The van der Waals surface area contributed by atoms with E-state index in [1.165, 1.54) is 6.07 Å². The van der Waals surface area contributed by atoms with Crippen LogP contribution in [0.15, 0.2) is 60.4 Å². The van der Waals surface area contributed by atoms with Crippen molar-refractivity contribution in [1.82, 2.24) is 0 Å². The van der Waals surface area contributed by atoms with Crippen LogP contribution in [0.3, 0.4) is 0 Å². The molecule has 0 fully saturated rings. The van der Waals surface area contributed by atoms with Crippen LogP contribution >= 0.6 is 23.2 Å². The van der Waals surface area contributed by atoms with E-state index in [0.29, 0.717) is 43.8 Å². The normalized spacial score (nSPS) is 14.1. The fraction of sp³-hybridized carbons (Fsp3) is 0.0870. The molecule has 3 nitrogen and oxygen atoms in total. The van der Waals surface area contributed by atoms with E-state index >= 15 is 0 Å². The largest absolute Gasteiger partial charge is 0.488 e. The average Bonchev–Trinajstić information content (AvgIpc) is 3.01. The van der Waals surface area contributed by atoms with Gasteiger partial charge in [0.2, 0.25) is 5.78 Å². The molecule has 1 aliphatic heterocycles. The molecule has 0 spiro atoms. The van der Waals surface area contributed by atoms with Gasteiger partial charge in [-0.05, 0) is 48.9 Å². The predicted octanol–water partition coefficient (Wildman–Crippen LogP) is 6.64. The first-order valence-electron chi connectivity index (χ1n) is 8.83. The van der Waals surface area contributed by atoms with Crippen molar-refractivity contribution >= 4 is 35.1 Å². The fourth-order valence-electron chi connectivity index (χ4n) is 3.06. The van der Waals surface area contributed by atoms with Crippen LogP contribution < -0.4 is 9.47 Å². The van der Waals surface area contributed by atoms with Crippen LogP contribution in [-0.4, -0.2) is 5.78 Å². The third kappa shape index (κ3) is 3.86. The fourth-order valence-corrected chi connectivity index (χ4v) is 3.52. The summed E-state index contributed by atoms with van der Waals surface area (Å²) < 4.78 is 25.4. The first kappa shape index (κ1) is 19.5. The second kappa shape index (κ2) is 7.90. The summed E-state index contributed by atoms with van der Waals surface area (Å²) in [6.07, 6.45) is 1.58. The molecule has 0 aliphatic carbocycles. The highest BCUT2D eigenvalue weighted by atomic mass is 35.5. The summed E-state index contributed by atoms with van der Waals surface area (Å²) in [6, 6.07) is 14.8. The summed E-state index contributed by atoms with van der Waals surface area (Å²) in [5.74, 6) is 0.541. The SMILES string of the molecule is Cc1c(OCc2ccccc2F)ccc2c1O/C(=C\c1ccc(Cl)cc1Cl)C2=O. The average molecular weight is 429 g/mol. The van der Waals surface area contributed by atoms with Crippen LogP contribution in [0.1, 0.15) is 27.0 Å². The topological polar surface area (TPSA) is 35.5 Å². The minimum absolute atomic E-state index is 0.0727. The molecular weight excluding hydrogens is 414 g/mol. The molecule has 0 saturated carbocycles. The maximum Gasteiger partial charge on any atom is 0.231 e. The summed E-state index contributed by atoms with van der Waals surface area (Å²) in [4.78, 5) is 12.7. The van der Waals surface area contributed by atoms with E-state index in [-0.39, 0.29) is 24.0 Å². The number of carbonyl (C=O) groups excluding carboxylic acids is 1. The third-order valence-corrected chi connectivity index (χ3v) is 5.19. The van der Waals surface area contributed by atoms with Crippen molar-refractivity contribution in [3.63, 3.8) is 0 Å². The number of allylic oxidation sites excluding steroid dienone is 1. The van der Waals surface area contributed by atoms with E-state index in [0.717, 1.165) is 0 Å². The number of rotatable bonds is 4. The van der Waals surface area contributed by atoms with Crippen LogP contribution in [0.5, 0.6) is 11.5 Å². The van der Waals surface area contributed by atoms with Gasteiger partial charge < -0.3 is 9.47 Å². The molecule has 4 rings (SSSR count). The van der Waals surface area contributed by atoms with Crippen LogP contribution in [0.25, 0.3) is 6.08 Å². The second-order valence-corrected chi connectivity index (χ2v) is 7.39. The number of ketones is 1. The van der Waals surface area contributed by atoms with Crippen molar-refractivity contribution in [3.05, 3.63) is 98.5 Å². The van der Waals surface area contributed by atoms with Crippen LogP contribution in [0.4, 0.5) is 4.39 Å². The van der Waals surface area contributed by atoms with Gasteiger partial charge >= 0.3 is 0 Å². The molecule has 3 aromatic rings. The number of fused-ring (bicyclic) bond motifs is 1. The van der Waals surface area contributed by atoms with Gasteiger partial charge in [0.1, 0.15) is 23.9 Å². The van der Waals surface area contributed by atoms with Gasteiger partial charge in [-0.2, -0.15) is 0 Å². The van der Waals surface area contributed by atoms with Crippen LogP contribution in [-0.2, 0) is 6.61 Å². The highest BCUT2D eigenvalue weighted by Gasteiger charge is 2.30. The van der Waals surface area contributed by atoms with Gasteiger partial charge in [0, 0.05) is 21.2 Å². The first-order chi connectivity index (χ1) is 13.9. The molecule has 1 heterocycles. The van der Waals surface area contributed by atoms with Crippen molar-refractivity contribution < 1.29 is 18.7 Å². The highest BCUT2D eigenvalue weighted by Crippen LogP contribution is 2.40. The Morgan fingerprint density at radius 2 is 1.90 bits per heavy atom. The minimum atomic E-state index is -0.331. The number of halogens is 3. The monoisotopic (exact) mass is 428 g/mol. The molecule has 3 aromatic carbocycles. The molecule has 0 amide bonds. The lowest BCUT2D eigenvalue weighted by molar-refractivity contribution is 0.101. The Bertz CT molecular complexity index is 1150. The second-order valence-electron chi connectivity index (χ2n) is 6.55. The van der Waals surface area contributed by atoms with Gasteiger partial charge in [0.25, 0.3) is 0 Å². The van der Waals surface area contributed by atoms with E-state index in [4.69, 9.17) is 32.7 Å². The molecule has 0 N–H and O–H groups in total. The van der Waals surface area contributed by atoms with Crippen molar-refractivity contribution in [3.8, 4) is 11.5 Å². The lowest BCUT2D eigenvalue weighted by atomic mass is 10.1. The summed E-state index contributed by atoms with van der Waals surface area (Å²) in [5.41, 5.74) is 2.18. The lowest BCUT2D eigenvalue weighted by Crippen LogP contribution is -2.00. The molecule has 0 radical (unpaired) electrons. The Labute approximate surface area is 177 Å². The summed E-state index contributed by atoms with van der Waals surface area (Å²) in [7, 11) is 0. The molecule has 0 unspecified atom stereocenters. The van der Waals surface area contributed by atoms with E-state index < -0.39 is 0 Å². The van der Waals surface area contributed by atoms with Crippen LogP contribution in [0, 0.1) is 12.7 Å². The smallest absolute Gasteiger partial charge is 0.231 e. The Hall–Kier alpha value is -2.82. The Morgan fingerprint density at radius 1 is 1.10 bits per heavy atom. The third-order valence-electron chi connectivity index (χ3n) is 4.63. The van der Waals surface area contributed by atoms with Gasteiger partial charge in [0.15, 0.2) is 5.76 Å². The van der Waals surface area contributed by atoms with Gasteiger partial charge in [0.05, 0.1) is 5.56 Å². The molecular formula is C23H15Cl2FO3. The molecule has 0 bridgehead atoms. The Kier molecular flexibility index (Phi) is 5.31. The zero-order valence-electron chi connectivity index (χ0n) is 15.3. The Morgan fingerprint density at radius 3 is 2.66 bits per heavy atom. The van der Waals surface area contributed by atoms with Crippen molar-refractivity contribution in [2.45, 2.75) is 13.5 Å². The minimum Gasteiger partial charge on any atom is -0.488 e. The number of carbonyl (C=O) groups is 1. The molecule has 1 aliphatic rings. The first-order valence-corrected chi connectivity index (χ1v) is 9.59. The predicted molar refractivity (Wildman–Crippen MR) is 111 cm³/mol. The van der Waals surface area contributed by atoms with Crippen molar-refractivity contribution in [2.75, 3.05) is 0 Å². The van der Waals surface area contributed by atoms with Gasteiger partial charge in [-0.25, -0.2) is 4.39 Å². The number of hydrogen-bond acceptors (Lipinski definition) is 3. The van der Waals surface area contributed by atoms with Crippen molar-refractivity contribution in [1.29, 1.82) is 0 Å². The molecule has 6 heteroatoms. The molecule has 146 valence electrons. The lowest BCUT2D eigenvalue weighted by Gasteiger charge is -2.12. The van der Waals surface area contributed by atoms with Gasteiger partial charge in [-0.1, -0.05) is 47.5 Å². The zero-order valence-corrected chi connectivity index (χ0v) is 16.9. The summed E-state index contributed by atoms with van der Waals surface area (Å²) >= 11 is 12.1. The standard InChI is InChI=1S/C23H15Cl2FO3/c1-13-20(28-12-15-4-2-3-5-19(15)26)9-8-17-22(27)21(29-23(13)17)10-14-6-7-16(24)11-18(14)25/h2-11H,12H2,1H3/b21-10-. The van der Waals surface area contributed by atoms with Crippen molar-refractivity contribution in [2.24, 2.45) is 0 Å². The maximum atomic E-state index is 13.8. The molecule has 0 aromatic heterocycles. The van der Waals surface area contributed by atoms with E-state index in [2.05, 4.69) is 0 Å². The summed E-state index contributed by atoms with van der Waals surface area (Å²) in [5, 5.41) is 0.926. The summed E-state index contributed by atoms with van der Waals surface area (Å²) in [6.45, 7) is 1.87. The number of benzene rings is 3. The van der Waals surface area contributed by atoms with E-state index in [1.54, 1.807) is 61.5 Å². The number of ether oxygens (including phenoxy) is 2. The zero-order chi connectivity index (χ0) is 20.5. The highest BCUT2D eigenvalue weighted by molar-refractivity contribution is 6.35. The maximum absolute atomic E-state index is 13.8. The number of Topliss-reactive ketones (excluding diaryl/α,β-unsaturated/α-hetero) is 1. The number of hydrogen-bond donors (Lipinski definition) is 0.